The van der Waals surface area contributed by atoms with Crippen molar-refractivity contribution in [3.05, 3.63) is 41.5 Å². The van der Waals surface area contributed by atoms with E-state index >= 15 is 0 Å². The van der Waals surface area contributed by atoms with Gasteiger partial charge in [-0.2, -0.15) is 0 Å². The quantitative estimate of drug-likeness (QED) is 0.389. The lowest BCUT2D eigenvalue weighted by Gasteiger charge is -2.19. The molecule has 1 fully saturated rings. The van der Waals surface area contributed by atoms with Crippen LogP contribution in [0.2, 0.25) is 0 Å². The summed E-state index contributed by atoms with van der Waals surface area (Å²) >= 11 is 0. The number of rotatable bonds is 8. The number of hydrogen-bond donors (Lipinski definition) is 2. The van der Waals surface area contributed by atoms with Gasteiger partial charge in [0.1, 0.15) is 11.9 Å². The molecule has 5 heteroatoms. The van der Waals surface area contributed by atoms with Crippen molar-refractivity contribution >= 4 is 5.97 Å². The van der Waals surface area contributed by atoms with E-state index in [2.05, 4.69) is 17.9 Å². The van der Waals surface area contributed by atoms with E-state index in [4.69, 9.17) is 9.47 Å². The van der Waals surface area contributed by atoms with Crippen LogP contribution in [0.15, 0.2) is 30.4 Å². The number of aliphatic hydroxyl groups is 2. The number of benzene rings is 1. The fraction of sp³-hybridized carbons (Fsp3) is 0.560. The van der Waals surface area contributed by atoms with Crippen molar-refractivity contribution in [2.45, 2.75) is 70.2 Å². The number of aliphatic hydroxyl groups excluding tert-OH is 2. The molecule has 0 bridgehead atoms. The molecule has 0 aromatic heterocycles. The molecule has 1 aromatic rings. The van der Waals surface area contributed by atoms with Crippen LogP contribution in [0.1, 0.15) is 56.6 Å². The van der Waals surface area contributed by atoms with Gasteiger partial charge in [0.15, 0.2) is 0 Å². The van der Waals surface area contributed by atoms with E-state index in [0.717, 1.165) is 23.3 Å². The zero-order valence-corrected chi connectivity index (χ0v) is 18.0. The van der Waals surface area contributed by atoms with E-state index in [1.807, 2.05) is 25.1 Å². The summed E-state index contributed by atoms with van der Waals surface area (Å²) in [5.41, 5.74) is 2.20. The molecule has 1 saturated carbocycles. The lowest BCUT2D eigenvalue weighted by Crippen LogP contribution is -2.19. The van der Waals surface area contributed by atoms with Crippen LogP contribution in [-0.2, 0) is 16.0 Å². The Hall–Kier alpha value is -2.29. The SMILES string of the molecule is CC#CCC(C)[C@H](O)C=C[C@@H]1[C@H]2c3cccc(CCCC(=O)OC)c3O[C@H]2C[C@H]1O. The Morgan fingerprint density at radius 2 is 2.23 bits per heavy atom. The normalized spacial score (nSPS) is 26.3. The van der Waals surface area contributed by atoms with Crippen LogP contribution in [0, 0.1) is 23.7 Å². The summed E-state index contributed by atoms with van der Waals surface area (Å²) in [4.78, 5) is 11.4. The highest BCUT2D eigenvalue weighted by atomic mass is 16.5. The van der Waals surface area contributed by atoms with Gasteiger partial charge in [-0.3, -0.25) is 4.79 Å². The lowest BCUT2D eigenvalue weighted by atomic mass is 9.86. The van der Waals surface area contributed by atoms with Gasteiger partial charge in [-0.05, 0) is 31.2 Å². The molecular weight excluding hydrogens is 380 g/mol. The van der Waals surface area contributed by atoms with Crippen molar-refractivity contribution in [3.63, 3.8) is 0 Å². The highest BCUT2D eigenvalue weighted by molar-refractivity contribution is 5.69. The van der Waals surface area contributed by atoms with E-state index in [9.17, 15) is 15.0 Å². The van der Waals surface area contributed by atoms with Gasteiger partial charge in [0, 0.05) is 36.7 Å². The van der Waals surface area contributed by atoms with E-state index in [1.165, 1.54) is 7.11 Å². The van der Waals surface area contributed by atoms with Gasteiger partial charge in [0.2, 0.25) is 0 Å². The monoisotopic (exact) mass is 412 g/mol. The number of ether oxygens (including phenoxy) is 2. The zero-order valence-electron chi connectivity index (χ0n) is 18.0. The molecule has 1 heterocycles. The van der Waals surface area contributed by atoms with Crippen molar-refractivity contribution in [3.8, 4) is 17.6 Å². The summed E-state index contributed by atoms with van der Waals surface area (Å²) < 4.78 is 11.0. The first-order chi connectivity index (χ1) is 14.5. The third-order valence-corrected chi connectivity index (χ3v) is 6.26. The average Bonchev–Trinajstić information content (AvgIpc) is 3.25. The van der Waals surface area contributed by atoms with Crippen LogP contribution in [-0.4, -0.2) is 41.6 Å². The predicted molar refractivity (Wildman–Crippen MR) is 115 cm³/mol. The Labute approximate surface area is 179 Å². The van der Waals surface area contributed by atoms with Crippen LogP contribution in [0.3, 0.4) is 0 Å². The fourth-order valence-electron chi connectivity index (χ4n) is 4.51. The molecule has 6 atom stereocenters. The lowest BCUT2D eigenvalue weighted by molar-refractivity contribution is -0.140. The highest BCUT2D eigenvalue weighted by Crippen LogP contribution is 2.52. The standard InChI is InChI=1S/C25H32O5/c1-4-5-8-16(2)20(26)14-13-18-21(27)15-22-24(18)19-11-6-9-17(25(19)30-22)10-7-12-23(28)29-3/h6,9,11,13-14,16,18,20-22,24,26-27H,7-8,10,12,15H2,1-3H3/t16?,18-,20+,21+,22-,24-/m0/s1. The summed E-state index contributed by atoms with van der Waals surface area (Å²) in [5.74, 6) is 6.58. The Morgan fingerprint density at radius 1 is 1.43 bits per heavy atom. The van der Waals surface area contributed by atoms with Gasteiger partial charge in [-0.1, -0.05) is 37.3 Å². The largest absolute Gasteiger partial charge is 0.489 e. The topological polar surface area (TPSA) is 76.0 Å². The van der Waals surface area contributed by atoms with Crippen LogP contribution in [0.4, 0.5) is 0 Å². The van der Waals surface area contributed by atoms with Crippen LogP contribution < -0.4 is 4.74 Å². The van der Waals surface area contributed by atoms with E-state index in [0.29, 0.717) is 25.7 Å². The first kappa shape index (κ1) is 22.4. The third kappa shape index (κ3) is 4.88. The second kappa shape index (κ2) is 10.1. The fourth-order valence-corrected chi connectivity index (χ4v) is 4.51. The van der Waals surface area contributed by atoms with Crippen molar-refractivity contribution in [1.29, 1.82) is 0 Å². The number of methoxy groups -OCH3 is 1. The third-order valence-electron chi connectivity index (χ3n) is 6.26. The zero-order chi connectivity index (χ0) is 21.7. The molecule has 162 valence electrons. The van der Waals surface area contributed by atoms with E-state index in [1.54, 1.807) is 13.0 Å². The summed E-state index contributed by atoms with van der Waals surface area (Å²) in [6.07, 6.45) is 5.66. The number of hydrogen-bond acceptors (Lipinski definition) is 5. The Balaban J connectivity index is 1.73. The Bertz CT molecular complexity index is 834. The predicted octanol–water partition coefficient (Wildman–Crippen LogP) is 3.37. The van der Waals surface area contributed by atoms with Crippen molar-refractivity contribution in [2.24, 2.45) is 11.8 Å². The summed E-state index contributed by atoms with van der Waals surface area (Å²) in [7, 11) is 1.40. The molecule has 3 rings (SSSR count). The molecule has 1 aliphatic carbocycles. The number of carbonyl (C=O) groups excluding carboxylic acids is 1. The van der Waals surface area contributed by atoms with Gasteiger partial charge in [0.25, 0.3) is 0 Å². The van der Waals surface area contributed by atoms with Crippen molar-refractivity contribution in [1.82, 2.24) is 0 Å². The Kier molecular flexibility index (Phi) is 7.58. The first-order valence-corrected chi connectivity index (χ1v) is 10.8. The van der Waals surface area contributed by atoms with Gasteiger partial charge < -0.3 is 19.7 Å². The minimum Gasteiger partial charge on any atom is -0.489 e. The van der Waals surface area contributed by atoms with Gasteiger partial charge in [-0.15, -0.1) is 11.8 Å². The molecule has 0 amide bonds. The molecule has 2 aliphatic rings. The maximum atomic E-state index is 11.4. The smallest absolute Gasteiger partial charge is 0.305 e. The van der Waals surface area contributed by atoms with E-state index in [-0.39, 0.29) is 29.8 Å². The highest BCUT2D eigenvalue weighted by Gasteiger charge is 2.48. The molecule has 1 aromatic carbocycles. The van der Waals surface area contributed by atoms with Gasteiger partial charge in [-0.25, -0.2) is 0 Å². The molecule has 0 radical (unpaired) electrons. The second-order valence-corrected chi connectivity index (χ2v) is 8.31. The Morgan fingerprint density at radius 3 is 2.97 bits per heavy atom. The van der Waals surface area contributed by atoms with Crippen molar-refractivity contribution in [2.75, 3.05) is 7.11 Å². The van der Waals surface area contributed by atoms with Crippen molar-refractivity contribution < 1.29 is 24.5 Å². The molecule has 1 unspecified atom stereocenters. The average molecular weight is 413 g/mol. The molecular formula is C25H32O5. The molecule has 30 heavy (non-hydrogen) atoms. The maximum Gasteiger partial charge on any atom is 0.305 e. The van der Waals surface area contributed by atoms with Crippen LogP contribution in [0.25, 0.3) is 0 Å². The minimum atomic E-state index is -0.594. The molecule has 0 saturated heterocycles. The minimum absolute atomic E-state index is 0.0385. The first-order valence-electron chi connectivity index (χ1n) is 10.8. The van der Waals surface area contributed by atoms with Crippen LogP contribution >= 0.6 is 0 Å². The number of esters is 1. The van der Waals surface area contributed by atoms with Crippen LogP contribution in [0.5, 0.6) is 5.75 Å². The summed E-state index contributed by atoms with van der Waals surface area (Å²) in [6.45, 7) is 3.77. The van der Waals surface area contributed by atoms with Gasteiger partial charge >= 0.3 is 5.97 Å². The maximum absolute atomic E-state index is 11.4. The molecule has 5 nitrogen and oxygen atoms in total. The number of para-hydroxylation sites is 1. The molecule has 2 N–H and O–H groups in total. The molecule has 0 spiro atoms. The number of carbonyl (C=O) groups is 1. The summed E-state index contributed by atoms with van der Waals surface area (Å²) in [6, 6.07) is 6.13. The second-order valence-electron chi connectivity index (χ2n) is 8.31. The number of aryl methyl sites for hydroxylation is 1. The summed E-state index contributed by atoms with van der Waals surface area (Å²) in [5, 5.41) is 21.1. The van der Waals surface area contributed by atoms with Gasteiger partial charge in [0.05, 0.1) is 19.3 Å². The molecule has 1 aliphatic heterocycles. The van der Waals surface area contributed by atoms with E-state index < -0.39 is 12.2 Å². The number of fused-ring (bicyclic) bond motifs is 3.